The van der Waals surface area contributed by atoms with E-state index in [0.29, 0.717) is 23.4 Å². The number of rotatable bonds is 8. The smallest absolute Gasteiger partial charge is 0.229 e. The van der Waals surface area contributed by atoms with Gasteiger partial charge < -0.3 is 14.8 Å². The number of imidazole rings is 1. The minimum atomic E-state index is -0.631. The van der Waals surface area contributed by atoms with Crippen LogP contribution in [0.2, 0.25) is 0 Å². The summed E-state index contributed by atoms with van der Waals surface area (Å²) >= 11 is 0. The summed E-state index contributed by atoms with van der Waals surface area (Å²) < 4.78 is 31.6. The topological polar surface area (TPSA) is 75.0 Å². The zero-order chi connectivity index (χ0) is 25.9. The number of pyridine rings is 1. The maximum absolute atomic E-state index is 14.9. The minimum absolute atomic E-state index is 0.0167. The van der Waals surface area contributed by atoms with Crippen molar-refractivity contribution in [3.63, 3.8) is 0 Å². The first-order valence-electron chi connectivity index (χ1n) is 12.8. The molecule has 0 amide bonds. The van der Waals surface area contributed by atoms with Gasteiger partial charge in [-0.3, -0.25) is 4.90 Å². The Labute approximate surface area is 215 Å². The first kappa shape index (κ1) is 25.2. The van der Waals surface area contributed by atoms with Crippen LogP contribution in [0.25, 0.3) is 22.3 Å². The third-order valence-corrected chi connectivity index (χ3v) is 6.85. The number of piperazine rings is 1. The van der Waals surface area contributed by atoms with Crippen molar-refractivity contribution in [3.8, 4) is 11.3 Å². The van der Waals surface area contributed by atoms with Gasteiger partial charge in [0.25, 0.3) is 0 Å². The molecule has 4 aromatic rings. The van der Waals surface area contributed by atoms with Crippen LogP contribution in [0.15, 0.2) is 36.7 Å². The van der Waals surface area contributed by atoms with Crippen molar-refractivity contribution >= 4 is 22.8 Å². The van der Waals surface area contributed by atoms with Crippen molar-refractivity contribution in [1.29, 1.82) is 0 Å². The Morgan fingerprint density at radius 3 is 2.41 bits per heavy atom. The standard InChI is InChI=1S/C27H32F2N8/c1-4-8-37-18(3)32-26-21(28)13-20(14-23(26)37)25-22(29)16-31-27(34-25)33-24-7-6-19(15-30-24)17-36-11-9-35(5-2)10-12-36/h6-7,13-16H,4-5,8-12,17H2,1-3H3,(H,30,31,33,34). The number of fused-ring (bicyclic) bond motifs is 1. The fourth-order valence-electron chi connectivity index (χ4n) is 4.80. The lowest BCUT2D eigenvalue weighted by atomic mass is 10.1. The lowest BCUT2D eigenvalue weighted by Crippen LogP contribution is -2.45. The van der Waals surface area contributed by atoms with E-state index in [-0.39, 0.29) is 17.2 Å². The molecule has 0 atom stereocenters. The molecular formula is C27H32F2N8. The third kappa shape index (κ3) is 5.45. The van der Waals surface area contributed by atoms with Crippen LogP contribution in [0, 0.1) is 18.6 Å². The second-order valence-corrected chi connectivity index (χ2v) is 9.41. The van der Waals surface area contributed by atoms with Crippen molar-refractivity contribution in [1.82, 2.24) is 34.3 Å². The second kappa shape index (κ2) is 10.9. The second-order valence-electron chi connectivity index (χ2n) is 9.41. The Bertz CT molecular complexity index is 1380. The Morgan fingerprint density at radius 2 is 1.70 bits per heavy atom. The van der Waals surface area contributed by atoms with Gasteiger partial charge in [0.15, 0.2) is 11.6 Å². The van der Waals surface area contributed by atoms with Gasteiger partial charge in [0.1, 0.15) is 22.9 Å². The highest BCUT2D eigenvalue weighted by molar-refractivity contribution is 5.83. The molecule has 0 spiro atoms. The molecule has 5 rings (SSSR count). The predicted octanol–water partition coefficient (Wildman–Crippen LogP) is 4.77. The van der Waals surface area contributed by atoms with Crippen LogP contribution in [0.5, 0.6) is 0 Å². The average Bonchev–Trinajstić information content (AvgIpc) is 3.22. The molecule has 0 bridgehead atoms. The van der Waals surface area contributed by atoms with Crippen LogP contribution in [0.3, 0.4) is 0 Å². The van der Waals surface area contributed by atoms with Crippen molar-refractivity contribution < 1.29 is 8.78 Å². The molecule has 3 aromatic heterocycles. The number of likely N-dealkylation sites (N-methyl/N-ethyl adjacent to an activating group) is 1. The van der Waals surface area contributed by atoms with Crippen LogP contribution in [-0.4, -0.2) is 67.0 Å². The van der Waals surface area contributed by atoms with Gasteiger partial charge in [-0.05, 0) is 43.7 Å². The molecule has 10 heteroatoms. The zero-order valence-corrected chi connectivity index (χ0v) is 21.5. The van der Waals surface area contributed by atoms with Crippen molar-refractivity contribution in [3.05, 3.63) is 59.7 Å². The molecule has 1 saturated heterocycles. The highest BCUT2D eigenvalue weighted by Gasteiger charge is 2.18. The summed E-state index contributed by atoms with van der Waals surface area (Å²) in [6.45, 7) is 13.0. The molecule has 0 radical (unpaired) electrons. The van der Waals surface area contributed by atoms with E-state index in [1.54, 1.807) is 6.07 Å². The molecule has 194 valence electrons. The molecule has 0 unspecified atom stereocenters. The maximum Gasteiger partial charge on any atom is 0.229 e. The molecule has 1 aliphatic heterocycles. The number of anilines is 2. The molecule has 0 aliphatic carbocycles. The summed E-state index contributed by atoms with van der Waals surface area (Å²) in [7, 11) is 0. The quantitative estimate of drug-likeness (QED) is 0.369. The van der Waals surface area contributed by atoms with Crippen molar-refractivity contribution in [2.24, 2.45) is 0 Å². The number of halogens is 2. The van der Waals surface area contributed by atoms with Crippen molar-refractivity contribution in [2.45, 2.75) is 40.3 Å². The first-order chi connectivity index (χ1) is 17.9. The van der Waals surface area contributed by atoms with E-state index in [9.17, 15) is 8.78 Å². The molecule has 8 nitrogen and oxygen atoms in total. The van der Waals surface area contributed by atoms with E-state index < -0.39 is 11.6 Å². The number of benzene rings is 1. The molecule has 1 N–H and O–H groups in total. The predicted molar refractivity (Wildman–Crippen MR) is 141 cm³/mol. The van der Waals surface area contributed by atoms with Crippen molar-refractivity contribution in [2.75, 3.05) is 38.0 Å². The summed E-state index contributed by atoms with van der Waals surface area (Å²) in [6.07, 6.45) is 3.79. The zero-order valence-electron chi connectivity index (χ0n) is 21.5. The van der Waals surface area contributed by atoms with Gasteiger partial charge in [0.05, 0.1) is 11.7 Å². The number of aromatic nitrogens is 5. The van der Waals surface area contributed by atoms with Gasteiger partial charge in [0.2, 0.25) is 5.95 Å². The third-order valence-electron chi connectivity index (χ3n) is 6.85. The number of nitrogens with zero attached hydrogens (tertiary/aromatic N) is 7. The van der Waals surface area contributed by atoms with Gasteiger partial charge in [-0.25, -0.2) is 28.7 Å². The highest BCUT2D eigenvalue weighted by atomic mass is 19.1. The molecule has 1 fully saturated rings. The largest absolute Gasteiger partial charge is 0.328 e. The van der Waals surface area contributed by atoms with E-state index in [0.717, 1.165) is 63.3 Å². The average molecular weight is 507 g/mol. The minimum Gasteiger partial charge on any atom is -0.328 e. The number of aryl methyl sites for hydroxylation is 2. The summed E-state index contributed by atoms with van der Waals surface area (Å²) in [5.74, 6) is 0.318. The molecule has 0 saturated carbocycles. The Hall–Kier alpha value is -3.50. The maximum atomic E-state index is 14.9. The van der Waals surface area contributed by atoms with E-state index in [2.05, 4.69) is 42.0 Å². The van der Waals surface area contributed by atoms with E-state index in [1.165, 1.54) is 6.07 Å². The summed E-state index contributed by atoms with van der Waals surface area (Å²) in [6, 6.07) is 6.89. The van der Waals surface area contributed by atoms with Crippen LogP contribution in [-0.2, 0) is 13.1 Å². The summed E-state index contributed by atoms with van der Waals surface area (Å²) in [4.78, 5) is 22.1. The van der Waals surface area contributed by atoms with E-state index in [1.807, 2.05) is 36.7 Å². The van der Waals surface area contributed by atoms with Crippen LogP contribution in [0.1, 0.15) is 31.7 Å². The first-order valence-corrected chi connectivity index (χ1v) is 12.8. The van der Waals surface area contributed by atoms with Gasteiger partial charge in [-0.2, -0.15) is 0 Å². The molecule has 1 aromatic carbocycles. The Kier molecular flexibility index (Phi) is 7.38. The van der Waals surface area contributed by atoms with Crippen LogP contribution in [0.4, 0.5) is 20.5 Å². The normalized spacial score (nSPS) is 14.9. The fraction of sp³-hybridized carbons (Fsp3) is 0.407. The lowest BCUT2D eigenvalue weighted by molar-refractivity contribution is 0.132. The molecular weight excluding hydrogens is 474 g/mol. The van der Waals surface area contributed by atoms with E-state index in [4.69, 9.17) is 0 Å². The molecule has 1 aliphatic rings. The van der Waals surface area contributed by atoms with E-state index >= 15 is 0 Å². The number of hydrogen-bond donors (Lipinski definition) is 1. The van der Waals surface area contributed by atoms with Gasteiger partial charge in [0, 0.05) is 51.0 Å². The molecule has 37 heavy (non-hydrogen) atoms. The summed E-state index contributed by atoms with van der Waals surface area (Å²) in [5, 5.41) is 3.04. The van der Waals surface area contributed by atoms with Gasteiger partial charge in [-0.1, -0.05) is 19.9 Å². The van der Waals surface area contributed by atoms with Crippen LogP contribution < -0.4 is 5.32 Å². The van der Waals surface area contributed by atoms with Gasteiger partial charge in [-0.15, -0.1) is 0 Å². The fourth-order valence-corrected chi connectivity index (χ4v) is 4.80. The summed E-state index contributed by atoms with van der Waals surface area (Å²) in [5.41, 5.74) is 2.37. The van der Waals surface area contributed by atoms with Gasteiger partial charge >= 0.3 is 0 Å². The Morgan fingerprint density at radius 1 is 0.919 bits per heavy atom. The number of nitrogens with one attached hydrogen (secondary N) is 1. The SMILES string of the molecule is CCCn1c(C)nc2c(F)cc(-c3nc(Nc4ccc(CN5CCN(CC)CC5)cn4)ncc3F)cc21. The highest BCUT2D eigenvalue weighted by Crippen LogP contribution is 2.29. The lowest BCUT2D eigenvalue weighted by Gasteiger charge is -2.33. The monoisotopic (exact) mass is 506 g/mol. The van der Waals surface area contributed by atoms with Crippen LogP contribution >= 0.6 is 0 Å². The molecule has 4 heterocycles. The Balaban J connectivity index is 1.34. The number of hydrogen-bond acceptors (Lipinski definition) is 7.